The minimum atomic E-state index is -3.21. The predicted octanol–water partition coefficient (Wildman–Crippen LogP) is 9.24. The minimum absolute atomic E-state index is 0.117. The minimum Gasteiger partial charge on any atom is -0.507 e. The third-order valence-corrected chi connectivity index (χ3v) is 9.23. The van der Waals surface area contributed by atoms with Gasteiger partial charge in [0.05, 0.1) is 18.1 Å². The van der Waals surface area contributed by atoms with Crippen LogP contribution in [0.1, 0.15) is 133 Å². The Kier molecular flexibility index (Phi) is 17.1. The third kappa shape index (κ3) is 12.6. The molecule has 0 aliphatic carbocycles. The standard InChI is InChI=1S/C24H40O3S.C10H12O4/c1-2-3-4-5-6-7-8-9-10-11-12-13-14-15-16-17-20-27-23-21-22-18-19-24(23)28(22,25)26;1-2-5-14-7-3-4-8(10(12)13)9(11)6-7/h18-19,21H,2-17,20H2,1H3;3-4,6,11H,2,5H2,1H3,(H,12,13). The zero-order chi connectivity index (χ0) is 30.6. The number of carboxylic acids is 1. The number of aromatic carboxylic acids is 1. The average Bonchev–Trinajstić information content (AvgIpc) is 3.39. The van der Waals surface area contributed by atoms with Crippen LogP contribution in [-0.4, -0.2) is 37.8 Å². The molecular formula is C34H52O7S. The lowest BCUT2D eigenvalue weighted by Gasteiger charge is -2.07. The molecule has 0 spiro atoms. The molecule has 0 aromatic heterocycles. The van der Waals surface area contributed by atoms with E-state index in [0.29, 0.717) is 34.5 Å². The number of phenols is 1. The van der Waals surface area contributed by atoms with E-state index in [1.807, 2.05) is 6.92 Å². The van der Waals surface area contributed by atoms with Gasteiger partial charge in [0.1, 0.15) is 27.7 Å². The Morgan fingerprint density at radius 2 is 1.26 bits per heavy atom. The molecular weight excluding hydrogens is 552 g/mol. The van der Waals surface area contributed by atoms with Crippen LogP contribution in [-0.2, 0) is 14.6 Å². The molecule has 0 radical (unpaired) electrons. The van der Waals surface area contributed by atoms with E-state index in [1.54, 1.807) is 18.2 Å². The predicted molar refractivity (Wildman–Crippen MR) is 170 cm³/mol. The monoisotopic (exact) mass is 604 g/mol. The van der Waals surface area contributed by atoms with Gasteiger partial charge in [-0.25, -0.2) is 13.2 Å². The van der Waals surface area contributed by atoms with Crippen molar-refractivity contribution >= 4 is 15.8 Å². The second-order valence-corrected chi connectivity index (χ2v) is 13.0. The van der Waals surface area contributed by atoms with E-state index in [-0.39, 0.29) is 11.3 Å². The lowest BCUT2D eigenvalue weighted by atomic mass is 10.0. The van der Waals surface area contributed by atoms with Gasteiger partial charge < -0.3 is 19.7 Å². The fourth-order valence-electron chi connectivity index (χ4n) is 4.95. The fraction of sp³-hybridized carbons (Fsp3) is 0.618. The third-order valence-electron chi connectivity index (χ3n) is 7.44. The summed E-state index contributed by atoms with van der Waals surface area (Å²) in [5.74, 6) is -0.400. The zero-order valence-corrected chi connectivity index (χ0v) is 26.6. The Morgan fingerprint density at radius 1 is 0.714 bits per heavy atom. The van der Waals surface area contributed by atoms with Gasteiger partial charge in [0.2, 0.25) is 9.84 Å². The van der Waals surface area contributed by atoms with Gasteiger partial charge in [0, 0.05) is 12.1 Å². The number of hydrogen-bond donors (Lipinski definition) is 2. The molecule has 0 amide bonds. The van der Waals surface area contributed by atoms with Gasteiger partial charge in [0.15, 0.2) is 0 Å². The summed E-state index contributed by atoms with van der Waals surface area (Å²) < 4.78 is 34.6. The van der Waals surface area contributed by atoms with Crippen molar-refractivity contribution in [2.75, 3.05) is 13.2 Å². The van der Waals surface area contributed by atoms with Gasteiger partial charge in [-0.15, -0.1) is 0 Å². The second-order valence-electron chi connectivity index (χ2n) is 11.1. The van der Waals surface area contributed by atoms with Crippen LogP contribution in [0, 0.1) is 0 Å². The van der Waals surface area contributed by atoms with Crippen LogP contribution in [0.4, 0.5) is 0 Å². The zero-order valence-electron chi connectivity index (χ0n) is 25.7. The normalized spacial score (nSPS) is 14.5. The first kappa shape index (κ1) is 35.5. The van der Waals surface area contributed by atoms with Crippen molar-refractivity contribution in [2.24, 2.45) is 0 Å². The Morgan fingerprint density at radius 3 is 1.69 bits per heavy atom. The number of sulfone groups is 1. The van der Waals surface area contributed by atoms with E-state index in [9.17, 15) is 18.3 Å². The largest absolute Gasteiger partial charge is 0.507 e. The molecule has 1 aromatic rings. The van der Waals surface area contributed by atoms with Crippen LogP contribution >= 0.6 is 0 Å². The molecule has 0 fully saturated rings. The summed E-state index contributed by atoms with van der Waals surface area (Å²) in [4.78, 5) is 11.3. The maximum atomic E-state index is 11.9. The number of hydrogen-bond acceptors (Lipinski definition) is 6. The van der Waals surface area contributed by atoms with Gasteiger partial charge in [-0.2, -0.15) is 0 Å². The summed E-state index contributed by atoms with van der Waals surface area (Å²) in [5.41, 5.74) is -0.117. The molecule has 0 unspecified atom stereocenters. The van der Waals surface area contributed by atoms with Crippen molar-refractivity contribution in [2.45, 2.75) is 123 Å². The summed E-state index contributed by atoms with van der Waals surface area (Å²) in [5, 5.41) is 17.9. The quantitative estimate of drug-likeness (QED) is 0.127. The Bertz CT molecular complexity index is 1150. The molecule has 0 saturated carbocycles. The lowest BCUT2D eigenvalue weighted by Crippen LogP contribution is -1.98. The van der Waals surface area contributed by atoms with Gasteiger partial charge >= 0.3 is 5.97 Å². The molecule has 1 aromatic carbocycles. The number of aromatic hydroxyl groups is 1. The van der Waals surface area contributed by atoms with E-state index in [1.165, 1.54) is 115 Å². The Hall–Kier alpha value is -2.74. The molecule has 2 bridgehead atoms. The first-order valence-corrected chi connectivity index (χ1v) is 17.5. The van der Waals surface area contributed by atoms with Crippen molar-refractivity contribution in [3.05, 3.63) is 57.6 Å². The fourth-order valence-corrected chi connectivity index (χ4v) is 6.34. The first-order valence-electron chi connectivity index (χ1n) is 16.0. The van der Waals surface area contributed by atoms with E-state index in [2.05, 4.69) is 6.92 Å². The van der Waals surface area contributed by atoms with E-state index >= 15 is 0 Å². The number of ether oxygens (including phenoxy) is 2. The smallest absolute Gasteiger partial charge is 0.339 e. The molecule has 0 atom stereocenters. The van der Waals surface area contributed by atoms with E-state index < -0.39 is 15.8 Å². The van der Waals surface area contributed by atoms with Crippen LogP contribution in [0.15, 0.2) is 52.0 Å². The highest BCUT2D eigenvalue weighted by Crippen LogP contribution is 2.37. The number of carboxylic acid groups (broad SMARTS) is 1. The molecule has 2 N–H and O–H groups in total. The number of allylic oxidation sites excluding steroid dienone is 3. The number of rotatable bonds is 22. The summed E-state index contributed by atoms with van der Waals surface area (Å²) in [6.07, 6.45) is 27.4. The number of benzene rings is 1. The van der Waals surface area contributed by atoms with Gasteiger partial charge in [-0.1, -0.05) is 110 Å². The molecule has 0 saturated heterocycles. The molecule has 42 heavy (non-hydrogen) atoms. The van der Waals surface area contributed by atoms with Crippen LogP contribution in [0.2, 0.25) is 0 Å². The molecule has 8 heteroatoms. The van der Waals surface area contributed by atoms with Crippen LogP contribution < -0.4 is 4.74 Å². The maximum Gasteiger partial charge on any atom is 0.339 e. The first-order chi connectivity index (χ1) is 20.3. The van der Waals surface area contributed by atoms with Crippen LogP contribution in [0.5, 0.6) is 11.5 Å². The highest BCUT2D eigenvalue weighted by atomic mass is 32.2. The average molecular weight is 605 g/mol. The summed E-state index contributed by atoms with van der Waals surface area (Å²) >= 11 is 0. The van der Waals surface area contributed by atoms with E-state index in [4.69, 9.17) is 14.6 Å². The second kappa shape index (κ2) is 20.2. The Balaban J connectivity index is 0.000000369. The van der Waals surface area contributed by atoms with Crippen molar-refractivity contribution in [3.8, 4) is 11.5 Å². The van der Waals surface area contributed by atoms with Gasteiger partial charge in [-0.05, 0) is 37.1 Å². The Labute approximate surface area is 253 Å². The van der Waals surface area contributed by atoms with Crippen molar-refractivity contribution in [3.63, 3.8) is 0 Å². The topological polar surface area (TPSA) is 110 Å². The summed E-state index contributed by atoms with van der Waals surface area (Å²) in [6.45, 7) is 5.40. The van der Waals surface area contributed by atoms with E-state index in [0.717, 1.165) is 12.8 Å². The number of carbonyl (C=O) groups is 1. The van der Waals surface area contributed by atoms with Gasteiger partial charge in [-0.3, -0.25) is 0 Å². The van der Waals surface area contributed by atoms with Crippen molar-refractivity contribution < 1.29 is 32.9 Å². The highest BCUT2D eigenvalue weighted by molar-refractivity contribution is 8.00. The molecule has 236 valence electrons. The molecule has 2 aliphatic rings. The van der Waals surface area contributed by atoms with Crippen molar-refractivity contribution in [1.29, 1.82) is 0 Å². The lowest BCUT2D eigenvalue weighted by molar-refractivity contribution is 0.0693. The van der Waals surface area contributed by atoms with Crippen molar-refractivity contribution in [1.82, 2.24) is 0 Å². The molecule has 2 aliphatic heterocycles. The summed E-state index contributed by atoms with van der Waals surface area (Å²) in [6, 6.07) is 4.15. The number of fused-ring (bicyclic) bond motifs is 2. The molecule has 3 rings (SSSR count). The van der Waals surface area contributed by atoms with Gasteiger partial charge in [0.25, 0.3) is 0 Å². The SMILES string of the molecule is CCCCCCCCCCCCCCCCCCOC1=C2C=CC(=C1)S2(=O)=O.CCCOc1ccc(C(=O)O)c(O)c1. The van der Waals surface area contributed by atoms with Crippen LogP contribution in [0.25, 0.3) is 0 Å². The number of unbranched alkanes of at least 4 members (excludes halogenated alkanes) is 15. The maximum absolute atomic E-state index is 11.9. The molecule has 7 nitrogen and oxygen atoms in total. The summed E-state index contributed by atoms with van der Waals surface area (Å²) in [7, 11) is -3.21. The molecule has 2 heterocycles. The highest BCUT2D eigenvalue weighted by Gasteiger charge is 2.35. The van der Waals surface area contributed by atoms with Crippen LogP contribution in [0.3, 0.4) is 0 Å².